The Morgan fingerprint density at radius 1 is 1.21 bits per heavy atom. The average Bonchev–Trinajstić information content (AvgIpc) is 2.40. The largest absolute Gasteiger partial charge is 0.392 e. The smallest absolute Gasteiger partial charge is 0.0690 e. The zero-order chi connectivity index (χ0) is 10.6. The van der Waals surface area contributed by atoms with E-state index in [1.807, 2.05) is 6.92 Å². The minimum atomic E-state index is -0.168. The standard InChI is InChI=1S/C11H24N2O/c1-4-11(14)10(2)13-7-5-6-12(3)8-9-13/h10-11,14H,4-9H2,1-3H3. The fourth-order valence-corrected chi connectivity index (χ4v) is 2.06. The third kappa shape index (κ3) is 3.23. The molecular formula is C11H24N2O. The maximum atomic E-state index is 9.78. The van der Waals surface area contributed by atoms with E-state index in [1.54, 1.807) is 0 Å². The SMILES string of the molecule is CCC(O)C(C)N1CCCN(C)CC1. The Bertz CT molecular complexity index is 163. The zero-order valence-corrected chi connectivity index (χ0v) is 9.74. The molecule has 2 atom stereocenters. The van der Waals surface area contributed by atoms with Crippen LogP contribution in [0.2, 0.25) is 0 Å². The molecule has 0 aromatic heterocycles. The van der Waals surface area contributed by atoms with Crippen LogP contribution in [0, 0.1) is 0 Å². The van der Waals surface area contributed by atoms with Gasteiger partial charge in [0.25, 0.3) is 0 Å². The molecule has 0 bridgehead atoms. The molecule has 0 amide bonds. The van der Waals surface area contributed by atoms with Crippen molar-refractivity contribution in [3.8, 4) is 0 Å². The predicted molar refractivity (Wildman–Crippen MR) is 59.4 cm³/mol. The van der Waals surface area contributed by atoms with E-state index in [4.69, 9.17) is 0 Å². The number of hydrogen-bond acceptors (Lipinski definition) is 3. The van der Waals surface area contributed by atoms with Crippen molar-refractivity contribution in [2.24, 2.45) is 0 Å². The second-order valence-corrected chi connectivity index (χ2v) is 4.41. The fourth-order valence-electron chi connectivity index (χ4n) is 2.06. The van der Waals surface area contributed by atoms with Crippen LogP contribution in [0.15, 0.2) is 0 Å². The van der Waals surface area contributed by atoms with Gasteiger partial charge in [-0.15, -0.1) is 0 Å². The lowest BCUT2D eigenvalue weighted by atomic mass is 10.1. The first-order valence-electron chi connectivity index (χ1n) is 5.75. The van der Waals surface area contributed by atoms with Gasteiger partial charge in [0.15, 0.2) is 0 Å². The fraction of sp³-hybridized carbons (Fsp3) is 1.00. The summed E-state index contributed by atoms with van der Waals surface area (Å²) in [6.07, 6.45) is 1.91. The van der Waals surface area contributed by atoms with Gasteiger partial charge in [-0.3, -0.25) is 4.90 Å². The number of aliphatic hydroxyl groups excluding tert-OH is 1. The molecule has 1 aliphatic rings. The molecule has 0 aromatic rings. The molecule has 14 heavy (non-hydrogen) atoms. The molecule has 1 aliphatic heterocycles. The van der Waals surface area contributed by atoms with E-state index in [1.165, 1.54) is 13.0 Å². The van der Waals surface area contributed by atoms with Gasteiger partial charge >= 0.3 is 0 Å². The normalized spacial score (nSPS) is 25.7. The summed E-state index contributed by atoms with van der Waals surface area (Å²) >= 11 is 0. The highest BCUT2D eigenvalue weighted by Gasteiger charge is 2.21. The molecule has 1 N–H and O–H groups in total. The molecule has 3 heteroatoms. The molecule has 0 saturated carbocycles. The van der Waals surface area contributed by atoms with Crippen molar-refractivity contribution < 1.29 is 5.11 Å². The van der Waals surface area contributed by atoms with Crippen LogP contribution < -0.4 is 0 Å². The third-order valence-corrected chi connectivity index (χ3v) is 3.31. The topological polar surface area (TPSA) is 26.7 Å². The highest BCUT2D eigenvalue weighted by molar-refractivity contribution is 4.77. The predicted octanol–water partition coefficient (Wildman–Crippen LogP) is 0.783. The summed E-state index contributed by atoms with van der Waals surface area (Å²) in [5.41, 5.74) is 0. The van der Waals surface area contributed by atoms with Crippen molar-refractivity contribution in [1.82, 2.24) is 9.80 Å². The van der Waals surface area contributed by atoms with Gasteiger partial charge in [-0.2, -0.15) is 0 Å². The van der Waals surface area contributed by atoms with Gasteiger partial charge in [0, 0.05) is 19.1 Å². The lowest BCUT2D eigenvalue weighted by Crippen LogP contribution is -2.43. The van der Waals surface area contributed by atoms with Crippen LogP contribution in [0.3, 0.4) is 0 Å². The monoisotopic (exact) mass is 200 g/mol. The van der Waals surface area contributed by atoms with Crippen molar-refractivity contribution >= 4 is 0 Å². The summed E-state index contributed by atoms with van der Waals surface area (Å²) in [5, 5.41) is 9.78. The third-order valence-electron chi connectivity index (χ3n) is 3.31. The number of likely N-dealkylation sites (N-methyl/N-ethyl adjacent to an activating group) is 1. The maximum Gasteiger partial charge on any atom is 0.0690 e. The summed E-state index contributed by atoms with van der Waals surface area (Å²) < 4.78 is 0. The van der Waals surface area contributed by atoms with E-state index >= 15 is 0 Å². The summed E-state index contributed by atoms with van der Waals surface area (Å²) in [4.78, 5) is 4.78. The first-order valence-corrected chi connectivity index (χ1v) is 5.75. The number of nitrogens with zero attached hydrogens (tertiary/aromatic N) is 2. The van der Waals surface area contributed by atoms with E-state index in [2.05, 4.69) is 23.8 Å². The Morgan fingerprint density at radius 3 is 2.57 bits per heavy atom. The molecule has 0 radical (unpaired) electrons. The van der Waals surface area contributed by atoms with Gasteiger partial charge in [-0.05, 0) is 39.9 Å². The molecule has 84 valence electrons. The highest BCUT2D eigenvalue weighted by Crippen LogP contribution is 2.10. The lowest BCUT2D eigenvalue weighted by Gasteiger charge is -2.30. The Hall–Kier alpha value is -0.120. The van der Waals surface area contributed by atoms with Gasteiger partial charge in [-0.1, -0.05) is 6.92 Å². The van der Waals surface area contributed by atoms with Gasteiger partial charge in [0.1, 0.15) is 0 Å². The van der Waals surface area contributed by atoms with Crippen LogP contribution in [-0.4, -0.2) is 60.3 Å². The van der Waals surface area contributed by atoms with E-state index in [-0.39, 0.29) is 6.10 Å². The van der Waals surface area contributed by atoms with Gasteiger partial charge in [0.2, 0.25) is 0 Å². The van der Waals surface area contributed by atoms with Crippen LogP contribution in [0.4, 0.5) is 0 Å². The van der Waals surface area contributed by atoms with Crippen molar-refractivity contribution in [3.63, 3.8) is 0 Å². The highest BCUT2D eigenvalue weighted by atomic mass is 16.3. The van der Waals surface area contributed by atoms with E-state index in [0.29, 0.717) is 6.04 Å². The van der Waals surface area contributed by atoms with Crippen molar-refractivity contribution in [2.75, 3.05) is 33.2 Å². The number of rotatable bonds is 3. The quantitative estimate of drug-likeness (QED) is 0.729. The molecule has 1 rings (SSSR count). The number of aliphatic hydroxyl groups is 1. The minimum absolute atomic E-state index is 0.168. The van der Waals surface area contributed by atoms with E-state index in [0.717, 1.165) is 26.1 Å². The maximum absolute atomic E-state index is 9.78. The lowest BCUT2D eigenvalue weighted by molar-refractivity contribution is 0.0583. The summed E-state index contributed by atoms with van der Waals surface area (Å²) in [5.74, 6) is 0. The van der Waals surface area contributed by atoms with Crippen molar-refractivity contribution in [3.05, 3.63) is 0 Å². The van der Waals surface area contributed by atoms with Crippen LogP contribution in [0.5, 0.6) is 0 Å². The van der Waals surface area contributed by atoms with Gasteiger partial charge in [0.05, 0.1) is 6.10 Å². The van der Waals surface area contributed by atoms with Crippen LogP contribution in [0.1, 0.15) is 26.7 Å². The molecule has 0 aromatic carbocycles. The minimum Gasteiger partial charge on any atom is -0.392 e. The van der Waals surface area contributed by atoms with Crippen molar-refractivity contribution in [2.45, 2.75) is 38.8 Å². The molecular weight excluding hydrogens is 176 g/mol. The second kappa shape index (κ2) is 5.69. The summed E-state index contributed by atoms with van der Waals surface area (Å²) in [6.45, 7) is 8.72. The van der Waals surface area contributed by atoms with E-state index < -0.39 is 0 Å². The van der Waals surface area contributed by atoms with Crippen LogP contribution in [0.25, 0.3) is 0 Å². The molecule has 1 fully saturated rings. The number of hydrogen-bond donors (Lipinski definition) is 1. The Balaban J connectivity index is 2.42. The van der Waals surface area contributed by atoms with Crippen LogP contribution in [-0.2, 0) is 0 Å². The van der Waals surface area contributed by atoms with Crippen molar-refractivity contribution in [1.29, 1.82) is 0 Å². The van der Waals surface area contributed by atoms with E-state index in [9.17, 15) is 5.11 Å². The Kier molecular flexibility index (Phi) is 4.85. The molecule has 2 unspecified atom stereocenters. The summed E-state index contributed by atoms with van der Waals surface area (Å²) in [6, 6.07) is 0.312. The zero-order valence-electron chi connectivity index (χ0n) is 9.74. The molecule has 1 heterocycles. The summed E-state index contributed by atoms with van der Waals surface area (Å²) in [7, 11) is 2.17. The second-order valence-electron chi connectivity index (χ2n) is 4.41. The molecule has 0 aliphatic carbocycles. The molecule has 3 nitrogen and oxygen atoms in total. The van der Waals surface area contributed by atoms with Gasteiger partial charge < -0.3 is 10.0 Å². The Morgan fingerprint density at radius 2 is 1.93 bits per heavy atom. The Labute approximate surface area is 87.7 Å². The average molecular weight is 200 g/mol. The first kappa shape index (κ1) is 12.0. The molecule has 1 saturated heterocycles. The van der Waals surface area contributed by atoms with Gasteiger partial charge in [-0.25, -0.2) is 0 Å². The first-order chi connectivity index (χ1) is 6.65. The molecule has 0 spiro atoms. The van der Waals surface area contributed by atoms with Crippen LogP contribution >= 0.6 is 0 Å².